The third-order valence-electron chi connectivity index (χ3n) is 5.77. The minimum atomic E-state index is -4.15. The van der Waals surface area contributed by atoms with Gasteiger partial charge in [-0.15, -0.1) is 0 Å². The first-order chi connectivity index (χ1) is 17.4. The third kappa shape index (κ3) is 6.96. The van der Waals surface area contributed by atoms with Crippen LogP contribution in [0.1, 0.15) is 18.1 Å². The number of likely N-dealkylation sites (N-methyl/N-ethyl adjacent to an activating group) is 1. The summed E-state index contributed by atoms with van der Waals surface area (Å²) in [7, 11) is -2.69. The fourth-order valence-electron chi connectivity index (χ4n) is 3.60. The van der Waals surface area contributed by atoms with Crippen LogP contribution in [0.5, 0.6) is 0 Å². The highest BCUT2D eigenvalue weighted by Gasteiger charge is 2.32. The van der Waals surface area contributed by atoms with Gasteiger partial charge in [0.15, 0.2) is 0 Å². The Hall–Kier alpha value is -2.78. The lowest BCUT2D eigenvalue weighted by atomic mass is 10.1. The standard InChI is InChI=1S/C26H26Cl3N3O4S/c1-17-4-12-23(13-5-17)37(35,36)32(22-10-8-20(27)9-11-22)16-25(33)31(18(2)26(34)30-3)15-19-6-7-21(28)14-24(19)29/h4-14,18H,15-16H2,1-3H3,(H,30,34)/t18-/m0/s1. The van der Waals surface area contributed by atoms with E-state index in [0.717, 1.165) is 9.87 Å². The van der Waals surface area contributed by atoms with Crippen molar-refractivity contribution in [3.8, 4) is 0 Å². The topological polar surface area (TPSA) is 86.8 Å². The molecule has 3 aromatic rings. The van der Waals surface area contributed by atoms with E-state index >= 15 is 0 Å². The van der Waals surface area contributed by atoms with E-state index in [1.54, 1.807) is 31.2 Å². The van der Waals surface area contributed by atoms with Crippen molar-refractivity contribution in [1.29, 1.82) is 0 Å². The highest BCUT2D eigenvalue weighted by Crippen LogP contribution is 2.27. The summed E-state index contributed by atoms with van der Waals surface area (Å²) in [6.45, 7) is 2.80. The number of nitrogens with zero attached hydrogens (tertiary/aromatic N) is 2. The monoisotopic (exact) mass is 581 g/mol. The van der Waals surface area contributed by atoms with Gasteiger partial charge in [-0.25, -0.2) is 8.42 Å². The maximum atomic E-state index is 13.7. The molecule has 1 atom stereocenters. The van der Waals surface area contributed by atoms with Crippen LogP contribution >= 0.6 is 34.8 Å². The molecule has 0 saturated heterocycles. The molecule has 196 valence electrons. The number of carbonyl (C=O) groups excluding carboxylic acids is 2. The number of amides is 2. The Kier molecular flexibility index (Phi) is 9.47. The second kappa shape index (κ2) is 12.2. The number of rotatable bonds is 9. The summed E-state index contributed by atoms with van der Waals surface area (Å²) in [6, 6.07) is 16.3. The number of sulfonamides is 1. The van der Waals surface area contributed by atoms with Crippen molar-refractivity contribution in [3.05, 3.63) is 92.9 Å². The first-order valence-electron chi connectivity index (χ1n) is 11.2. The largest absolute Gasteiger partial charge is 0.357 e. The summed E-state index contributed by atoms with van der Waals surface area (Å²) < 4.78 is 28.4. The molecule has 0 aliphatic rings. The van der Waals surface area contributed by atoms with Crippen LogP contribution in [0, 0.1) is 6.92 Å². The normalized spacial score (nSPS) is 12.1. The average molecular weight is 583 g/mol. The van der Waals surface area contributed by atoms with Gasteiger partial charge in [0.2, 0.25) is 11.8 Å². The lowest BCUT2D eigenvalue weighted by Gasteiger charge is -2.32. The summed E-state index contributed by atoms with van der Waals surface area (Å²) in [5.74, 6) is -1.02. The van der Waals surface area contributed by atoms with E-state index in [1.165, 1.54) is 54.4 Å². The Labute approximate surface area is 232 Å². The van der Waals surface area contributed by atoms with Crippen molar-refractivity contribution in [2.24, 2.45) is 0 Å². The van der Waals surface area contributed by atoms with E-state index in [4.69, 9.17) is 34.8 Å². The average Bonchev–Trinajstić information content (AvgIpc) is 2.86. The molecule has 2 amide bonds. The Balaban J connectivity index is 2.04. The molecule has 1 N–H and O–H groups in total. The van der Waals surface area contributed by atoms with E-state index < -0.39 is 34.4 Å². The van der Waals surface area contributed by atoms with Gasteiger partial charge in [-0.05, 0) is 67.9 Å². The Morgan fingerprint density at radius 1 is 0.919 bits per heavy atom. The maximum Gasteiger partial charge on any atom is 0.264 e. The van der Waals surface area contributed by atoms with E-state index in [1.807, 2.05) is 6.92 Å². The third-order valence-corrected chi connectivity index (χ3v) is 8.40. The van der Waals surface area contributed by atoms with E-state index in [2.05, 4.69) is 5.32 Å². The first kappa shape index (κ1) is 28.8. The Bertz CT molecular complexity index is 1380. The molecular formula is C26H26Cl3N3O4S. The van der Waals surface area contributed by atoms with Gasteiger partial charge >= 0.3 is 0 Å². The minimum Gasteiger partial charge on any atom is -0.357 e. The highest BCUT2D eigenvalue weighted by molar-refractivity contribution is 7.92. The second-order valence-corrected chi connectivity index (χ2v) is 11.5. The molecule has 0 aliphatic carbocycles. The molecule has 3 aromatic carbocycles. The number of carbonyl (C=O) groups is 2. The lowest BCUT2D eigenvalue weighted by Crippen LogP contribution is -2.50. The summed E-state index contributed by atoms with van der Waals surface area (Å²) >= 11 is 18.4. The predicted octanol–water partition coefficient (Wildman–Crippen LogP) is 5.31. The predicted molar refractivity (Wildman–Crippen MR) is 148 cm³/mol. The quantitative estimate of drug-likeness (QED) is 0.370. The SMILES string of the molecule is CNC(=O)[C@H](C)N(Cc1ccc(Cl)cc1Cl)C(=O)CN(c1ccc(Cl)cc1)S(=O)(=O)c1ccc(C)cc1. The second-order valence-electron chi connectivity index (χ2n) is 8.35. The number of halogens is 3. The van der Waals surface area contributed by atoms with Gasteiger partial charge < -0.3 is 10.2 Å². The summed E-state index contributed by atoms with van der Waals surface area (Å²) in [5, 5.41) is 3.68. The molecule has 37 heavy (non-hydrogen) atoms. The van der Waals surface area contributed by atoms with Gasteiger partial charge in [-0.3, -0.25) is 13.9 Å². The number of hydrogen-bond acceptors (Lipinski definition) is 4. The molecule has 11 heteroatoms. The fourth-order valence-corrected chi connectivity index (χ4v) is 5.61. The number of aryl methyl sites for hydroxylation is 1. The van der Waals surface area contributed by atoms with E-state index in [9.17, 15) is 18.0 Å². The maximum absolute atomic E-state index is 13.7. The van der Waals surface area contributed by atoms with Gasteiger partial charge in [0, 0.05) is 28.7 Å². The molecule has 7 nitrogen and oxygen atoms in total. The highest BCUT2D eigenvalue weighted by atomic mass is 35.5. The minimum absolute atomic E-state index is 0.0208. The number of nitrogens with one attached hydrogen (secondary N) is 1. The molecule has 0 unspecified atom stereocenters. The number of benzene rings is 3. The van der Waals surface area contributed by atoms with Crippen LogP contribution in [0.15, 0.2) is 71.6 Å². The van der Waals surface area contributed by atoms with Gasteiger partial charge in [-0.2, -0.15) is 0 Å². The Morgan fingerprint density at radius 3 is 2.08 bits per heavy atom. The molecule has 3 rings (SSSR count). The molecule has 0 spiro atoms. The van der Waals surface area contributed by atoms with Crippen molar-refractivity contribution in [2.75, 3.05) is 17.9 Å². The van der Waals surface area contributed by atoms with Crippen molar-refractivity contribution >= 4 is 62.3 Å². The molecule has 0 radical (unpaired) electrons. The molecular weight excluding hydrogens is 557 g/mol. The van der Waals surface area contributed by atoms with Crippen LogP contribution in [0.2, 0.25) is 15.1 Å². The van der Waals surface area contributed by atoms with Crippen LogP contribution in [-0.4, -0.2) is 44.8 Å². The zero-order chi connectivity index (χ0) is 27.3. The van der Waals surface area contributed by atoms with Gasteiger partial charge in [-0.1, -0.05) is 58.6 Å². The molecule has 0 heterocycles. The van der Waals surface area contributed by atoms with Gasteiger partial charge in [0.1, 0.15) is 12.6 Å². The van der Waals surface area contributed by atoms with Crippen LogP contribution in [0.3, 0.4) is 0 Å². The molecule has 0 bridgehead atoms. The van der Waals surface area contributed by atoms with E-state index in [-0.39, 0.29) is 17.1 Å². The van der Waals surface area contributed by atoms with Crippen LogP contribution < -0.4 is 9.62 Å². The molecule has 0 aliphatic heterocycles. The van der Waals surface area contributed by atoms with Gasteiger partial charge in [0.05, 0.1) is 10.6 Å². The van der Waals surface area contributed by atoms with Crippen molar-refractivity contribution in [1.82, 2.24) is 10.2 Å². The van der Waals surface area contributed by atoms with Crippen LogP contribution in [-0.2, 0) is 26.2 Å². The zero-order valence-electron chi connectivity index (χ0n) is 20.4. The summed E-state index contributed by atoms with van der Waals surface area (Å²) in [4.78, 5) is 27.5. The number of hydrogen-bond donors (Lipinski definition) is 1. The molecule has 0 fully saturated rings. The number of anilines is 1. The lowest BCUT2D eigenvalue weighted by molar-refractivity contribution is -0.139. The summed E-state index contributed by atoms with van der Waals surface area (Å²) in [6.07, 6.45) is 0. The Morgan fingerprint density at radius 2 is 1.51 bits per heavy atom. The van der Waals surface area contributed by atoms with E-state index in [0.29, 0.717) is 20.6 Å². The first-order valence-corrected chi connectivity index (χ1v) is 13.8. The molecule has 0 aromatic heterocycles. The fraction of sp³-hybridized carbons (Fsp3) is 0.231. The molecule has 0 saturated carbocycles. The van der Waals surface area contributed by atoms with Crippen molar-refractivity contribution < 1.29 is 18.0 Å². The van der Waals surface area contributed by atoms with Crippen molar-refractivity contribution in [3.63, 3.8) is 0 Å². The van der Waals surface area contributed by atoms with Crippen LogP contribution in [0.4, 0.5) is 5.69 Å². The van der Waals surface area contributed by atoms with Gasteiger partial charge in [0.25, 0.3) is 10.0 Å². The smallest absolute Gasteiger partial charge is 0.264 e. The summed E-state index contributed by atoms with van der Waals surface area (Å²) in [5.41, 5.74) is 1.68. The van der Waals surface area contributed by atoms with Crippen molar-refractivity contribution in [2.45, 2.75) is 31.3 Å². The van der Waals surface area contributed by atoms with Crippen LogP contribution in [0.25, 0.3) is 0 Å². The zero-order valence-corrected chi connectivity index (χ0v) is 23.5.